The third kappa shape index (κ3) is 2.86. The van der Waals surface area contributed by atoms with Gasteiger partial charge in [-0.2, -0.15) is 5.10 Å². The molecular weight excluding hydrogens is 172 g/mol. The highest BCUT2D eigenvalue weighted by atomic mass is 15.3. The van der Waals surface area contributed by atoms with Crippen molar-refractivity contribution in [3.05, 3.63) is 18.0 Å². The molecule has 0 radical (unpaired) electrons. The van der Waals surface area contributed by atoms with Crippen molar-refractivity contribution in [2.24, 2.45) is 5.92 Å². The molecule has 0 atom stereocenters. The van der Waals surface area contributed by atoms with Crippen LogP contribution in [-0.4, -0.2) is 9.78 Å². The molecule has 1 rings (SSSR count). The molecule has 0 aliphatic rings. The van der Waals surface area contributed by atoms with Crippen molar-refractivity contribution in [1.82, 2.24) is 9.78 Å². The van der Waals surface area contributed by atoms with Crippen molar-refractivity contribution >= 4 is 0 Å². The topological polar surface area (TPSA) is 17.8 Å². The number of nitrogens with zero attached hydrogens (tertiary/aromatic N) is 2. The lowest BCUT2D eigenvalue weighted by Crippen LogP contribution is -2.08. The molecule has 0 saturated heterocycles. The molecule has 0 N–H and O–H groups in total. The van der Waals surface area contributed by atoms with Crippen molar-refractivity contribution in [1.29, 1.82) is 0 Å². The largest absolute Gasteiger partial charge is 0.269 e. The summed E-state index contributed by atoms with van der Waals surface area (Å²) in [7, 11) is 0. The van der Waals surface area contributed by atoms with Crippen LogP contribution < -0.4 is 0 Å². The van der Waals surface area contributed by atoms with Crippen molar-refractivity contribution in [3.8, 4) is 0 Å². The number of aromatic nitrogens is 2. The first-order valence-electron chi connectivity index (χ1n) is 5.71. The van der Waals surface area contributed by atoms with Gasteiger partial charge in [-0.1, -0.05) is 27.7 Å². The zero-order valence-electron chi connectivity index (χ0n) is 9.83. The SMILES string of the molecule is CCC(CC)n1ccc(CC(C)C)n1. The minimum Gasteiger partial charge on any atom is -0.269 e. The predicted octanol–water partition coefficient (Wildman–Crippen LogP) is 3.44. The highest BCUT2D eigenvalue weighted by Gasteiger charge is 2.08. The van der Waals surface area contributed by atoms with Crippen molar-refractivity contribution in [2.75, 3.05) is 0 Å². The van der Waals surface area contributed by atoms with Gasteiger partial charge in [-0.05, 0) is 31.2 Å². The Morgan fingerprint density at radius 1 is 1.29 bits per heavy atom. The molecule has 0 aromatic carbocycles. The van der Waals surface area contributed by atoms with Gasteiger partial charge in [0, 0.05) is 6.20 Å². The summed E-state index contributed by atoms with van der Waals surface area (Å²) in [6.07, 6.45) is 5.54. The maximum atomic E-state index is 4.61. The molecule has 1 heterocycles. The molecule has 0 aliphatic carbocycles. The zero-order valence-corrected chi connectivity index (χ0v) is 9.83. The van der Waals surface area contributed by atoms with Crippen LogP contribution in [0.1, 0.15) is 52.3 Å². The molecule has 0 spiro atoms. The second-order valence-corrected chi connectivity index (χ2v) is 4.36. The lowest BCUT2D eigenvalue weighted by molar-refractivity contribution is 0.423. The molecule has 1 aromatic rings. The zero-order chi connectivity index (χ0) is 10.6. The van der Waals surface area contributed by atoms with Gasteiger partial charge < -0.3 is 0 Å². The van der Waals surface area contributed by atoms with Crippen LogP contribution in [0.2, 0.25) is 0 Å². The quantitative estimate of drug-likeness (QED) is 0.702. The normalized spacial score (nSPS) is 11.6. The van der Waals surface area contributed by atoms with Gasteiger partial charge in [-0.25, -0.2) is 0 Å². The molecule has 0 amide bonds. The standard InChI is InChI=1S/C12H22N2/c1-5-12(6-2)14-8-7-11(13-14)9-10(3)4/h7-8,10,12H,5-6,9H2,1-4H3. The minimum absolute atomic E-state index is 0.580. The van der Waals surface area contributed by atoms with Crippen LogP contribution in [0.15, 0.2) is 12.3 Å². The lowest BCUT2D eigenvalue weighted by Gasteiger charge is -2.12. The molecule has 0 aliphatic heterocycles. The molecule has 0 bridgehead atoms. The Morgan fingerprint density at radius 3 is 2.43 bits per heavy atom. The summed E-state index contributed by atoms with van der Waals surface area (Å²) in [4.78, 5) is 0. The molecule has 0 unspecified atom stereocenters. The Labute approximate surface area is 87.3 Å². The van der Waals surface area contributed by atoms with E-state index in [1.165, 1.54) is 18.5 Å². The first-order valence-corrected chi connectivity index (χ1v) is 5.71. The van der Waals surface area contributed by atoms with Gasteiger partial charge in [0.25, 0.3) is 0 Å². The minimum atomic E-state index is 0.580. The smallest absolute Gasteiger partial charge is 0.0627 e. The van der Waals surface area contributed by atoms with E-state index in [0.717, 1.165) is 6.42 Å². The molecule has 0 fully saturated rings. The Hall–Kier alpha value is -0.790. The van der Waals surface area contributed by atoms with Gasteiger partial charge in [0.05, 0.1) is 11.7 Å². The molecule has 14 heavy (non-hydrogen) atoms. The van der Waals surface area contributed by atoms with Gasteiger partial charge in [0.2, 0.25) is 0 Å². The summed E-state index contributed by atoms with van der Waals surface area (Å²) in [5, 5.41) is 4.61. The maximum absolute atomic E-state index is 4.61. The summed E-state index contributed by atoms with van der Waals surface area (Å²) >= 11 is 0. The summed E-state index contributed by atoms with van der Waals surface area (Å²) in [6.45, 7) is 8.90. The second kappa shape index (κ2) is 5.18. The van der Waals surface area contributed by atoms with Gasteiger partial charge in [0.1, 0.15) is 0 Å². The van der Waals surface area contributed by atoms with Crippen molar-refractivity contribution < 1.29 is 0 Å². The molecule has 1 aromatic heterocycles. The van der Waals surface area contributed by atoms with Gasteiger partial charge in [-0.15, -0.1) is 0 Å². The average Bonchev–Trinajstić information content (AvgIpc) is 2.54. The van der Waals surface area contributed by atoms with E-state index in [9.17, 15) is 0 Å². The van der Waals surface area contributed by atoms with E-state index in [-0.39, 0.29) is 0 Å². The molecule has 2 heteroatoms. The highest BCUT2D eigenvalue weighted by Crippen LogP contribution is 2.15. The van der Waals surface area contributed by atoms with Crippen LogP contribution >= 0.6 is 0 Å². The highest BCUT2D eigenvalue weighted by molar-refractivity contribution is 5.00. The van der Waals surface area contributed by atoms with Crippen LogP contribution in [-0.2, 0) is 6.42 Å². The van der Waals surface area contributed by atoms with Crippen molar-refractivity contribution in [3.63, 3.8) is 0 Å². The van der Waals surface area contributed by atoms with Crippen LogP contribution in [0.25, 0.3) is 0 Å². The Morgan fingerprint density at radius 2 is 1.93 bits per heavy atom. The molecule has 80 valence electrons. The number of hydrogen-bond donors (Lipinski definition) is 0. The van der Waals surface area contributed by atoms with E-state index in [0.29, 0.717) is 12.0 Å². The maximum Gasteiger partial charge on any atom is 0.0627 e. The summed E-state index contributed by atoms with van der Waals surface area (Å²) < 4.78 is 2.12. The van der Waals surface area contributed by atoms with Crippen LogP contribution in [0.3, 0.4) is 0 Å². The summed E-state index contributed by atoms with van der Waals surface area (Å²) in [5.41, 5.74) is 1.23. The summed E-state index contributed by atoms with van der Waals surface area (Å²) in [6, 6.07) is 2.73. The van der Waals surface area contributed by atoms with Gasteiger partial charge >= 0.3 is 0 Å². The first kappa shape index (κ1) is 11.3. The van der Waals surface area contributed by atoms with Crippen molar-refractivity contribution in [2.45, 2.75) is 53.0 Å². The third-order valence-corrected chi connectivity index (χ3v) is 2.60. The molecule has 2 nitrogen and oxygen atoms in total. The first-order chi connectivity index (χ1) is 6.67. The second-order valence-electron chi connectivity index (χ2n) is 4.36. The third-order valence-electron chi connectivity index (χ3n) is 2.60. The van der Waals surface area contributed by atoms with E-state index >= 15 is 0 Å². The van der Waals surface area contributed by atoms with Crippen LogP contribution in [0, 0.1) is 5.92 Å². The Kier molecular flexibility index (Phi) is 4.18. The lowest BCUT2D eigenvalue weighted by atomic mass is 10.1. The van der Waals surface area contributed by atoms with Gasteiger partial charge in [0.15, 0.2) is 0 Å². The van der Waals surface area contributed by atoms with E-state index in [2.05, 4.69) is 49.7 Å². The van der Waals surface area contributed by atoms with E-state index in [4.69, 9.17) is 0 Å². The Balaban J connectivity index is 2.66. The van der Waals surface area contributed by atoms with Crippen LogP contribution in [0.5, 0.6) is 0 Å². The number of rotatable bonds is 5. The van der Waals surface area contributed by atoms with E-state index in [1.54, 1.807) is 0 Å². The Bertz CT molecular complexity index is 259. The van der Waals surface area contributed by atoms with E-state index < -0.39 is 0 Å². The molecule has 0 saturated carbocycles. The fourth-order valence-corrected chi connectivity index (χ4v) is 1.77. The monoisotopic (exact) mass is 194 g/mol. The van der Waals surface area contributed by atoms with Crippen LogP contribution in [0.4, 0.5) is 0 Å². The van der Waals surface area contributed by atoms with E-state index in [1.807, 2.05) is 0 Å². The average molecular weight is 194 g/mol. The summed E-state index contributed by atoms with van der Waals surface area (Å²) in [5.74, 6) is 0.694. The predicted molar refractivity (Wildman–Crippen MR) is 60.4 cm³/mol. The van der Waals surface area contributed by atoms with Gasteiger partial charge in [-0.3, -0.25) is 4.68 Å². The molecular formula is C12H22N2. The number of hydrogen-bond acceptors (Lipinski definition) is 1. The fraction of sp³-hybridized carbons (Fsp3) is 0.750. The fourth-order valence-electron chi connectivity index (χ4n) is 1.77.